The van der Waals surface area contributed by atoms with Gasteiger partial charge in [0.2, 0.25) is 0 Å². The Labute approximate surface area is 119 Å². The summed E-state index contributed by atoms with van der Waals surface area (Å²) in [4.78, 5) is 2.38. The van der Waals surface area contributed by atoms with E-state index in [1.165, 1.54) is 5.69 Å². The van der Waals surface area contributed by atoms with Crippen molar-refractivity contribution in [1.82, 2.24) is 5.32 Å². The van der Waals surface area contributed by atoms with Gasteiger partial charge >= 0.3 is 0 Å². The maximum atomic E-state index is 5.35. The first-order valence-electron chi connectivity index (χ1n) is 5.63. The van der Waals surface area contributed by atoms with E-state index in [2.05, 4.69) is 55.1 Å². The highest BCUT2D eigenvalue weighted by Gasteiger charge is 2.19. The van der Waals surface area contributed by atoms with Gasteiger partial charge in [-0.25, -0.2) is 0 Å². The minimum atomic E-state index is 0.519. The lowest BCUT2D eigenvalue weighted by molar-refractivity contribution is 0.411. The third-order valence-corrected chi connectivity index (χ3v) is 4.19. The van der Waals surface area contributed by atoms with Gasteiger partial charge in [-0.15, -0.1) is 0 Å². The molecule has 1 saturated heterocycles. The van der Waals surface area contributed by atoms with Gasteiger partial charge in [0.25, 0.3) is 0 Å². The minimum absolute atomic E-state index is 0.519. The van der Waals surface area contributed by atoms with Crippen molar-refractivity contribution < 1.29 is 4.74 Å². The molecule has 1 N–H and O–H groups in total. The zero-order valence-electron chi connectivity index (χ0n) is 9.96. The number of rotatable bonds is 2. The Kier molecular flexibility index (Phi) is 4.33. The van der Waals surface area contributed by atoms with Gasteiger partial charge in [0.15, 0.2) is 0 Å². The lowest BCUT2D eigenvalue weighted by Crippen LogP contribution is -2.49. The molecule has 1 aliphatic heterocycles. The van der Waals surface area contributed by atoms with E-state index < -0.39 is 0 Å². The maximum absolute atomic E-state index is 5.35. The van der Waals surface area contributed by atoms with Crippen LogP contribution in [0.3, 0.4) is 0 Å². The maximum Gasteiger partial charge on any atom is 0.135 e. The van der Waals surface area contributed by atoms with Gasteiger partial charge in [-0.1, -0.05) is 0 Å². The second-order valence-electron chi connectivity index (χ2n) is 4.24. The van der Waals surface area contributed by atoms with Crippen LogP contribution in [0, 0.1) is 0 Å². The number of nitrogens with zero attached hydrogens (tertiary/aromatic N) is 1. The van der Waals surface area contributed by atoms with Gasteiger partial charge < -0.3 is 15.0 Å². The van der Waals surface area contributed by atoms with E-state index in [4.69, 9.17) is 4.74 Å². The summed E-state index contributed by atoms with van der Waals surface area (Å²) in [5.41, 5.74) is 1.19. The Bertz CT molecular complexity index is 412. The number of ether oxygens (including phenoxy) is 1. The van der Waals surface area contributed by atoms with Crippen LogP contribution in [0.15, 0.2) is 21.1 Å². The van der Waals surface area contributed by atoms with E-state index in [9.17, 15) is 0 Å². The Balaban J connectivity index is 2.30. The van der Waals surface area contributed by atoms with Crippen molar-refractivity contribution in [3.63, 3.8) is 0 Å². The number of piperazine rings is 1. The number of hydrogen-bond donors (Lipinski definition) is 1. The molecule has 0 saturated carbocycles. The highest BCUT2D eigenvalue weighted by molar-refractivity contribution is 9.11. The number of benzene rings is 1. The van der Waals surface area contributed by atoms with Crippen LogP contribution in [0.4, 0.5) is 5.69 Å². The van der Waals surface area contributed by atoms with Gasteiger partial charge in [0.1, 0.15) is 5.75 Å². The zero-order chi connectivity index (χ0) is 12.4. The highest BCUT2D eigenvalue weighted by Crippen LogP contribution is 2.36. The topological polar surface area (TPSA) is 24.5 Å². The average Bonchev–Trinajstić information content (AvgIpc) is 2.29. The molecule has 1 aliphatic rings. The van der Waals surface area contributed by atoms with Crippen LogP contribution in [0.25, 0.3) is 0 Å². The van der Waals surface area contributed by atoms with Crippen LogP contribution < -0.4 is 15.0 Å². The Morgan fingerprint density at radius 1 is 1.35 bits per heavy atom. The summed E-state index contributed by atoms with van der Waals surface area (Å²) < 4.78 is 7.42. The quantitative estimate of drug-likeness (QED) is 0.874. The summed E-state index contributed by atoms with van der Waals surface area (Å²) in [7, 11) is 1.69. The fraction of sp³-hybridized carbons (Fsp3) is 0.500. The molecule has 0 aromatic heterocycles. The van der Waals surface area contributed by atoms with E-state index >= 15 is 0 Å². The summed E-state index contributed by atoms with van der Waals surface area (Å²) in [5, 5.41) is 3.44. The van der Waals surface area contributed by atoms with Crippen LogP contribution >= 0.6 is 31.9 Å². The largest absolute Gasteiger partial charge is 0.495 e. The molecule has 0 spiro atoms. The molecule has 0 radical (unpaired) electrons. The van der Waals surface area contributed by atoms with Crippen molar-refractivity contribution in [3.8, 4) is 5.75 Å². The van der Waals surface area contributed by atoms with Gasteiger partial charge in [-0.05, 0) is 44.8 Å². The molecule has 17 heavy (non-hydrogen) atoms. The molecule has 1 heterocycles. The predicted octanol–water partition coefficient (Wildman–Crippen LogP) is 3.02. The second kappa shape index (κ2) is 5.59. The van der Waals surface area contributed by atoms with Crippen LogP contribution in [0.1, 0.15) is 6.92 Å². The van der Waals surface area contributed by atoms with Crippen molar-refractivity contribution in [2.45, 2.75) is 13.0 Å². The normalized spacial score (nSPS) is 20.5. The van der Waals surface area contributed by atoms with E-state index in [1.54, 1.807) is 7.11 Å². The lowest BCUT2D eigenvalue weighted by atomic mass is 10.2. The standard InChI is InChI=1S/C12H16Br2N2O/c1-8-7-16(4-3-15-8)11-6-12(17-2)10(14)5-9(11)13/h5-6,8,15H,3-4,7H2,1-2H3. The van der Waals surface area contributed by atoms with Crippen LogP contribution in [0.2, 0.25) is 0 Å². The summed E-state index contributed by atoms with van der Waals surface area (Å²) in [6, 6.07) is 4.64. The molecule has 5 heteroatoms. The lowest BCUT2D eigenvalue weighted by Gasteiger charge is -2.34. The van der Waals surface area contributed by atoms with E-state index in [1.807, 2.05) is 6.07 Å². The summed E-state index contributed by atoms with van der Waals surface area (Å²) >= 11 is 7.11. The molecule has 0 amide bonds. The molecule has 1 aromatic rings. The highest BCUT2D eigenvalue weighted by atomic mass is 79.9. The van der Waals surface area contributed by atoms with Gasteiger partial charge in [-0.3, -0.25) is 0 Å². The smallest absolute Gasteiger partial charge is 0.135 e. The average molecular weight is 364 g/mol. The molecule has 0 bridgehead atoms. The number of halogens is 2. The van der Waals surface area contributed by atoms with Crippen molar-refractivity contribution in [2.75, 3.05) is 31.6 Å². The summed E-state index contributed by atoms with van der Waals surface area (Å²) in [6.07, 6.45) is 0. The van der Waals surface area contributed by atoms with E-state index in [0.29, 0.717) is 6.04 Å². The Hall–Kier alpha value is -0.260. The summed E-state index contributed by atoms with van der Waals surface area (Å²) in [5.74, 6) is 0.870. The molecular formula is C12H16Br2N2O. The first kappa shape index (κ1) is 13.2. The van der Waals surface area contributed by atoms with E-state index in [-0.39, 0.29) is 0 Å². The third kappa shape index (κ3) is 2.95. The number of hydrogen-bond acceptors (Lipinski definition) is 3. The molecule has 1 aromatic carbocycles. The molecule has 94 valence electrons. The van der Waals surface area contributed by atoms with Crippen LogP contribution in [0.5, 0.6) is 5.75 Å². The molecule has 1 fully saturated rings. The molecular weight excluding hydrogens is 348 g/mol. The van der Waals surface area contributed by atoms with Gasteiger partial charge in [0, 0.05) is 36.2 Å². The predicted molar refractivity (Wildman–Crippen MR) is 78.1 cm³/mol. The Morgan fingerprint density at radius 3 is 2.76 bits per heavy atom. The molecule has 1 unspecified atom stereocenters. The molecule has 0 aliphatic carbocycles. The Morgan fingerprint density at radius 2 is 2.12 bits per heavy atom. The molecule has 1 atom stereocenters. The SMILES string of the molecule is COc1cc(N2CCNC(C)C2)c(Br)cc1Br. The monoisotopic (exact) mass is 362 g/mol. The van der Waals surface area contributed by atoms with Gasteiger partial charge in [0.05, 0.1) is 17.3 Å². The third-order valence-electron chi connectivity index (χ3n) is 2.93. The zero-order valence-corrected chi connectivity index (χ0v) is 13.1. The number of methoxy groups -OCH3 is 1. The van der Waals surface area contributed by atoms with Gasteiger partial charge in [-0.2, -0.15) is 0 Å². The minimum Gasteiger partial charge on any atom is -0.495 e. The van der Waals surface area contributed by atoms with E-state index in [0.717, 1.165) is 34.3 Å². The van der Waals surface area contributed by atoms with Crippen LogP contribution in [-0.4, -0.2) is 32.8 Å². The number of anilines is 1. The van der Waals surface area contributed by atoms with Crippen molar-refractivity contribution >= 4 is 37.5 Å². The van der Waals surface area contributed by atoms with Crippen molar-refractivity contribution in [1.29, 1.82) is 0 Å². The van der Waals surface area contributed by atoms with Crippen molar-refractivity contribution in [3.05, 3.63) is 21.1 Å². The first-order chi connectivity index (χ1) is 8.11. The van der Waals surface area contributed by atoms with Crippen LogP contribution in [-0.2, 0) is 0 Å². The fourth-order valence-electron chi connectivity index (χ4n) is 2.07. The molecule has 2 rings (SSSR count). The summed E-state index contributed by atoms with van der Waals surface area (Å²) in [6.45, 7) is 5.26. The second-order valence-corrected chi connectivity index (χ2v) is 5.95. The first-order valence-corrected chi connectivity index (χ1v) is 7.21. The molecule has 3 nitrogen and oxygen atoms in total. The fourth-order valence-corrected chi connectivity index (χ4v) is 3.47. The number of nitrogens with one attached hydrogen (secondary N) is 1. The van der Waals surface area contributed by atoms with Crippen molar-refractivity contribution in [2.24, 2.45) is 0 Å².